The summed E-state index contributed by atoms with van der Waals surface area (Å²) in [5.41, 5.74) is 1.27. The molecule has 27 heavy (non-hydrogen) atoms. The van der Waals surface area contributed by atoms with Gasteiger partial charge in [-0.25, -0.2) is 0 Å². The second kappa shape index (κ2) is 10.1. The summed E-state index contributed by atoms with van der Waals surface area (Å²) >= 11 is 4.76. The van der Waals surface area contributed by atoms with Gasteiger partial charge in [-0.3, -0.25) is 14.4 Å². The van der Waals surface area contributed by atoms with Crippen molar-refractivity contribution in [1.29, 1.82) is 0 Å². The molecule has 1 atom stereocenters. The van der Waals surface area contributed by atoms with Crippen molar-refractivity contribution in [3.63, 3.8) is 0 Å². The molecule has 8 heteroatoms. The lowest BCUT2D eigenvalue weighted by molar-refractivity contribution is -0.138. The van der Waals surface area contributed by atoms with E-state index in [0.29, 0.717) is 11.4 Å². The average Bonchev–Trinajstić information content (AvgIpc) is 2.62. The zero-order valence-corrected chi connectivity index (χ0v) is 17.0. The molecular weight excluding hydrogens is 432 g/mol. The van der Waals surface area contributed by atoms with Gasteiger partial charge in [-0.15, -0.1) is 11.8 Å². The molecular formula is C19H19BrN2O4S. The van der Waals surface area contributed by atoms with Crippen LogP contribution < -0.4 is 10.6 Å². The van der Waals surface area contributed by atoms with Crippen LogP contribution in [0.4, 0.5) is 11.4 Å². The van der Waals surface area contributed by atoms with Gasteiger partial charge < -0.3 is 15.7 Å². The van der Waals surface area contributed by atoms with Gasteiger partial charge in [0, 0.05) is 21.5 Å². The Labute approximate surface area is 169 Å². The second-order valence-electron chi connectivity index (χ2n) is 5.70. The summed E-state index contributed by atoms with van der Waals surface area (Å²) in [4.78, 5) is 35.5. The van der Waals surface area contributed by atoms with Crippen LogP contribution in [0.1, 0.15) is 19.8 Å². The van der Waals surface area contributed by atoms with Crippen molar-refractivity contribution in [2.24, 2.45) is 0 Å². The second-order valence-corrected chi connectivity index (χ2v) is 7.97. The van der Waals surface area contributed by atoms with Crippen LogP contribution >= 0.6 is 27.7 Å². The highest BCUT2D eigenvalue weighted by Crippen LogP contribution is 2.28. The van der Waals surface area contributed by atoms with Gasteiger partial charge in [0.05, 0.1) is 17.4 Å². The van der Waals surface area contributed by atoms with E-state index in [-0.39, 0.29) is 29.9 Å². The summed E-state index contributed by atoms with van der Waals surface area (Å²) in [5, 5.41) is 13.8. The summed E-state index contributed by atoms with van der Waals surface area (Å²) in [7, 11) is 0. The van der Waals surface area contributed by atoms with Crippen LogP contribution in [0, 0.1) is 0 Å². The molecule has 2 aromatic rings. The fourth-order valence-corrected chi connectivity index (χ4v) is 3.46. The Morgan fingerprint density at radius 2 is 1.81 bits per heavy atom. The Balaban J connectivity index is 1.94. The number of amides is 2. The van der Waals surface area contributed by atoms with Gasteiger partial charge in [0.1, 0.15) is 0 Å². The molecule has 2 rings (SSSR count). The maximum atomic E-state index is 12.4. The molecule has 0 fully saturated rings. The van der Waals surface area contributed by atoms with Crippen LogP contribution in [-0.2, 0) is 14.4 Å². The molecule has 0 heterocycles. The maximum absolute atomic E-state index is 12.4. The van der Waals surface area contributed by atoms with Crippen molar-refractivity contribution < 1.29 is 19.5 Å². The van der Waals surface area contributed by atoms with E-state index in [1.165, 1.54) is 11.8 Å². The van der Waals surface area contributed by atoms with E-state index in [1.54, 1.807) is 25.1 Å². The number of carboxylic acid groups (broad SMARTS) is 1. The fraction of sp³-hybridized carbons (Fsp3) is 0.211. The quantitative estimate of drug-likeness (QED) is 0.518. The first-order chi connectivity index (χ1) is 12.8. The highest BCUT2D eigenvalue weighted by molar-refractivity contribution is 9.10. The lowest BCUT2D eigenvalue weighted by Crippen LogP contribution is -2.22. The van der Waals surface area contributed by atoms with Crippen LogP contribution in [0.5, 0.6) is 0 Å². The summed E-state index contributed by atoms with van der Waals surface area (Å²) in [6.45, 7) is 1.80. The van der Waals surface area contributed by atoms with E-state index in [4.69, 9.17) is 5.11 Å². The minimum absolute atomic E-state index is 0.0858. The molecule has 0 aliphatic heterocycles. The molecule has 6 nitrogen and oxygen atoms in total. The van der Waals surface area contributed by atoms with E-state index in [2.05, 4.69) is 26.6 Å². The van der Waals surface area contributed by atoms with Crippen LogP contribution in [0.15, 0.2) is 57.9 Å². The molecule has 0 aliphatic rings. The Hall–Kier alpha value is -2.32. The number of hydrogen-bond donors (Lipinski definition) is 3. The summed E-state index contributed by atoms with van der Waals surface area (Å²) in [6.07, 6.45) is -0.302. The van der Waals surface area contributed by atoms with Gasteiger partial charge in [-0.05, 0) is 53.2 Å². The fourth-order valence-electron chi connectivity index (χ4n) is 2.15. The number of halogens is 1. The molecule has 0 aliphatic carbocycles. The predicted octanol–water partition coefficient (Wildman–Crippen LogP) is 4.37. The third-order valence-electron chi connectivity index (χ3n) is 3.50. The van der Waals surface area contributed by atoms with Crippen molar-refractivity contribution in [1.82, 2.24) is 0 Å². The lowest BCUT2D eigenvalue weighted by Gasteiger charge is -2.14. The Kier molecular flexibility index (Phi) is 7.87. The molecule has 142 valence electrons. The third-order valence-corrected chi connectivity index (χ3v) is 5.28. The zero-order chi connectivity index (χ0) is 19.8. The van der Waals surface area contributed by atoms with Gasteiger partial charge >= 0.3 is 5.97 Å². The van der Waals surface area contributed by atoms with Gasteiger partial charge in [-0.1, -0.05) is 18.2 Å². The van der Waals surface area contributed by atoms with E-state index >= 15 is 0 Å². The normalized spacial score (nSPS) is 11.5. The number of rotatable bonds is 8. The molecule has 0 saturated heterocycles. The number of hydrogen-bond acceptors (Lipinski definition) is 4. The Bertz CT molecular complexity index is 844. The van der Waals surface area contributed by atoms with Crippen molar-refractivity contribution in [2.45, 2.75) is 29.9 Å². The minimum atomic E-state index is -1.01. The number of anilines is 2. The lowest BCUT2D eigenvalue weighted by atomic mass is 10.2. The number of thioether (sulfide) groups is 1. The molecule has 0 radical (unpaired) electrons. The number of carbonyl (C=O) groups excluding carboxylic acids is 2. The van der Waals surface area contributed by atoms with Crippen LogP contribution in [0.3, 0.4) is 0 Å². The standard InChI is InChI=1S/C19H19BrN2O4S/c1-12(19(26)22-16-8-3-2-7-15(16)20)27-14-6-4-5-13(11-14)21-17(23)9-10-18(24)25/h2-8,11-12H,9-10H2,1H3,(H,21,23)(H,22,26)(H,24,25). The first kappa shape index (κ1) is 21.0. The molecule has 0 aromatic heterocycles. The Morgan fingerprint density at radius 1 is 1.07 bits per heavy atom. The smallest absolute Gasteiger partial charge is 0.303 e. The van der Waals surface area contributed by atoms with E-state index in [9.17, 15) is 14.4 Å². The zero-order valence-electron chi connectivity index (χ0n) is 14.6. The van der Waals surface area contributed by atoms with Crippen LogP contribution in [-0.4, -0.2) is 28.1 Å². The van der Waals surface area contributed by atoms with E-state index in [1.807, 2.05) is 30.3 Å². The number of benzene rings is 2. The SMILES string of the molecule is CC(Sc1cccc(NC(=O)CCC(=O)O)c1)C(=O)Nc1ccccc1Br. The van der Waals surface area contributed by atoms with Gasteiger partial charge in [0.2, 0.25) is 11.8 Å². The molecule has 3 N–H and O–H groups in total. The summed E-state index contributed by atoms with van der Waals surface area (Å²) in [5.74, 6) is -1.51. The molecule has 0 bridgehead atoms. The number of para-hydroxylation sites is 1. The highest BCUT2D eigenvalue weighted by Gasteiger charge is 2.16. The summed E-state index contributed by atoms with van der Waals surface area (Å²) in [6, 6.07) is 14.5. The van der Waals surface area contributed by atoms with Crippen LogP contribution in [0.2, 0.25) is 0 Å². The largest absolute Gasteiger partial charge is 0.481 e. The number of aliphatic carboxylic acids is 1. The third kappa shape index (κ3) is 7.07. The highest BCUT2D eigenvalue weighted by atomic mass is 79.9. The number of nitrogens with one attached hydrogen (secondary N) is 2. The molecule has 2 amide bonds. The monoisotopic (exact) mass is 450 g/mol. The first-order valence-electron chi connectivity index (χ1n) is 8.19. The van der Waals surface area contributed by atoms with Crippen molar-refractivity contribution in [2.75, 3.05) is 10.6 Å². The minimum Gasteiger partial charge on any atom is -0.481 e. The maximum Gasteiger partial charge on any atom is 0.303 e. The van der Waals surface area contributed by atoms with Crippen molar-refractivity contribution in [3.05, 3.63) is 53.0 Å². The Morgan fingerprint density at radius 3 is 2.52 bits per heavy atom. The van der Waals surface area contributed by atoms with E-state index < -0.39 is 5.97 Å². The van der Waals surface area contributed by atoms with Crippen molar-refractivity contribution in [3.8, 4) is 0 Å². The number of carboxylic acids is 1. The van der Waals surface area contributed by atoms with Gasteiger partial charge in [0.15, 0.2) is 0 Å². The van der Waals surface area contributed by atoms with E-state index in [0.717, 1.165) is 9.37 Å². The van der Waals surface area contributed by atoms with Crippen molar-refractivity contribution >= 4 is 56.9 Å². The molecule has 1 unspecified atom stereocenters. The molecule has 2 aromatic carbocycles. The molecule has 0 saturated carbocycles. The molecule has 0 spiro atoms. The topological polar surface area (TPSA) is 95.5 Å². The summed E-state index contributed by atoms with van der Waals surface area (Å²) < 4.78 is 0.807. The van der Waals surface area contributed by atoms with Gasteiger partial charge in [0.25, 0.3) is 0 Å². The van der Waals surface area contributed by atoms with Gasteiger partial charge in [-0.2, -0.15) is 0 Å². The number of carbonyl (C=O) groups is 3. The average molecular weight is 451 g/mol. The first-order valence-corrected chi connectivity index (χ1v) is 9.86. The predicted molar refractivity (Wildman–Crippen MR) is 110 cm³/mol. The van der Waals surface area contributed by atoms with Crippen LogP contribution in [0.25, 0.3) is 0 Å².